The van der Waals surface area contributed by atoms with Crippen LogP contribution in [0, 0.1) is 17.2 Å². The minimum atomic E-state index is -0.468. The van der Waals surface area contributed by atoms with Gasteiger partial charge in [-0.05, 0) is 53.8 Å². The molecule has 0 aliphatic rings. The number of amides is 1. The number of nitrogens with zero attached hydrogens (tertiary/aromatic N) is 1. The second-order valence-corrected chi connectivity index (χ2v) is 7.72. The maximum Gasteiger partial charge on any atom is 0.234 e. The van der Waals surface area contributed by atoms with Crippen LogP contribution in [0.25, 0.3) is 11.6 Å². The van der Waals surface area contributed by atoms with Crippen LogP contribution >= 0.6 is 0 Å². The van der Waals surface area contributed by atoms with E-state index in [4.69, 9.17) is 36.1 Å². The minimum absolute atomic E-state index is 0.413. The number of rotatable bonds is 9. The van der Waals surface area contributed by atoms with Crippen LogP contribution in [0.5, 0.6) is 23.0 Å². The van der Waals surface area contributed by atoms with Crippen molar-refractivity contribution in [2.45, 2.75) is 26.3 Å². The molecule has 9 heteroatoms. The van der Waals surface area contributed by atoms with Crippen molar-refractivity contribution in [3.8, 4) is 29.1 Å². The fraction of sp³-hybridized carbons (Fsp3) is 0.360. The molecule has 0 saturated carbocycles. The van der Waals surface area contributed by atoms with Gasteiger partial charge in [-0.1, -0.05) is 19.9 Å². The van der Waals surface area contributed by atoms with Crippen LogP contribution in [0.4, 0.5) is 5.69 Å². The van der Waals surface area contributed by atoms with E-state index in [0.29, 0.717) is 52.2 Å². The highest BCUT2D eigenvalue weighted by molar-refractivity contribution is 5.91. The summed E-state index contributed by atoms with van der Waals surface area (Å²) < 4.78 is 21.1. The Morgan fingerprint density at radius 2 is 1.56 bits per heavy atom. The van der Waals surface area contributed by atoms with Gasteiger partial charge in [0.15, 0.2) is 11.5 Å². The lowest BCUT2D eigenvalue weighted by molar-refractivity contribution is -0.119. The van der Waals surface area contributed by atoms with E-state index in [1.807, 2.05) is 19.9 Å². The van der Waals surface area contributed by atoms with Gasteiger partial charge in [-0.3, -0.25) is 4.79 Å². The molecule has 0 unspecified atom stereocenters. The van der Waals surface area contributed by atoms with Gasteiger partial charge in [0.25, 0.3) is 0 Å². The fourth-order valence-corrected chi connectivity index (χ4v) is 3.05. The number of carbonyl (C=O) groups is 1. The number of nitrogen functional groups attached to an aromatic ring is 1. The smallest absolute Gasteiger partial charge is 0.234 e. The maximum atomic E-state index is 10.3. The number of benzene rings is 2. The Morgan fingerprint density at radius 1 is 1.00 bits per heavy atom. The molecule has 0 spiro atoms. The molecule has 0 radical (unpaired) electrons. The highest BCUT2D eigenvalue weighted by atomic mass is 16.5. The molecule has 34 heavy (non-hydrogen) atoms. The summed E-state index contributed by atoms with van der Waals surface area (Å²) in [5, 5.41) is 9.58. The molecule has 2 rings (SSSR count). The number of carbonyl (C=O) groups excluding carboxylic acids is 1. The van der Waals surface area contributed by atoms with Gasteiger partial charge in [0, 0.05) is 0 Å². The Kier molecular flexibility index (Phi) is 11.3. The molecule has 6 N–H and O–H groups in total. The van der Waals surface area contributed by atoms with Gasteiger partial charge in [-0.2, -0.15) is 5.26 Å². The highest BCUT2D eigenvalue weighted by Gasteiger charge is 2.15. The van der Waals surface area contributed by atoms with Crippen molar-refractivity contribution in [3.63, 3.8) is 0 Å². The van der Waals surface area contributed by atoms with Gasteiger partial charge in [0.1, 0.15) is 5.75 Å². The number of primary amides is 1. The lowest BCUT2D eigenvalue weighted by Crippen LogP contribution is -2.37. The lowest BCUT2D eigenvalue weighted by Gasteiger charge is -2.14. The molecule has 0 heterocycles. The molecule has 0 aromatic heterocycles. The molecule has 1 amide bonds. The van der Waals surface area contributed by atoms with Crippen LogP contribution in [-0.4, -0.2) is 40.4 Å². The molecule has 184 valence electrons. The monoisotopic (exact) mass is 470 g/mol. The number of nitriles is 1. The Balaban J connectivity index is 0.000000546. The fourth-order valence-electron chi connectivity index (χ4n) is 3.05. The molecule has 2 aromatic carbocycles. The Hall–Kier alpha value is -3.90. The van der Waals surface area contributed by atoms with E-state index in [1.54, 1.807) is 37.5 Å². The summed E-state index contributed by atoms with van der Waals surface area (Å²) in [5.41, 5.74) is 18.5. The first-order chi connectivity index (χ1) is 16.1. The number of hydrogen-bond donors (Lipinski definition) is 3. The van der Waals surface area contributed by atoms with Crippen molar-refractivity contribution in [2.75, 3.05) is 34.2 Å². The first kappa shape index (κ1) is 28.1. The van der Waals surface area contributed by atoms with Gasteiger partial charge < -0.3 is 36.1 Å². The van der Waals surface area contributed by atoms with Crippen molar-refractivity contribution < 1.29 is 23.7 Å². The van der Waals surface area contributed by atoms with Gasteiger partial charge in [-0.25, -0.2) is 0 Å². The van der Waals surface area contributed by atoms with E-state index < -0.39 is 11.9 Å². The first-order valence-corrected chi connectivity index (χ1v) is 10.5. The molecular weight excluding hydrogens is 436 g/mol. The van der Waals surface area contributed by atoms with Crippen LogP contribution in [0.1, 0.15) is 31.4 Å². The van der Waals surface area contributed by atoms with Crippen LogP contribution in [-0.2, 0) is 4.79 Å². The molecule has 0 aliphatic carbocycles. The quantitative estimate of drug-likeness (QED) is 0.286. The predicted molar refractivity (Wildman–Crippen MR) is 134 cm³/mol. The average molecular weight is 471 g/mol. The zero-order chi connectivity index (χ0) is 25.8. The maximum absolute atomic E-state index is 10.3. The molecule has 0 aliphatic heterocycles. The van der Waals surface area contributed by atoms with Gasteiger partial charge in [0.2, 0.25) is 11.7 Å². The van der Waals surface area contributed by atoms with Gasteiger partial charge >= 0.3 is 0 Å². The van der Waals surface area contributed by atoms with E-state index in [9.17, 15) is 10.1 Å². The van der Waals surface area contributed by atoms with E-state index >= 15 is 0 Å². The van der Waals surface area contributed by atoms with E-state index in [-0.39, 0.29) is 0 Å². The van der Waals surface area contributed by atoms with Crippen molar-refractivity contribution in [1.82, 2.24) is 0 Å². The summed E-state index contributed by atoms with van der Waals surface area (Å²) in [6.07, 6.45) is 2.41. The Morgan fingerprint density at radius 3 is 1.91 bits per heavy atom. The molecule has 0 fully saturated rings. The summed E-state index contributed by atoms with van der Waals surface area (Å²) in [6, 6.07) is 10.5. The number of hydrogen-bond acceptors (Lipinski definition) is 8. The molecule has 9 nitrogen and oxygen atoms in total. The SMILES string of the molecule is CC(C)C[C@H](N)C(N)=O.COc1ccc(C=C(C#N)c2cc(OC)c(OC)c(OC)c2)cc1N. The first-order valence-electron chi connectivity index (χ1n) is 10.5. The largest absolute Gasteiger partial charge is 0.495 e. The second-order valence-electron chi connectivity index (χ2n) is 7.72. The van der Waals surface area contributed by atoms with Crippen LogP contribution in [0.3, 0.4) is 0 Å². The normalized spacial score (nSPS) is 11.6. The van der Waals surface area contributed by atoms with E-state index in [2.05, 4.69) is 6.07 Å². The molecule has 0 bridgehead atoms. The number of nitrogens with two attached hydrogens (primary N) is 3. The molecular formula is C25H34N4O5. The second kappa shape index (κ2) is 13.6. The Bertz CT molecular complexity index is 1020. The number of allylic oxidation sites excluding steroid dienone is 1. The third-order valence-corrected chi connectivity index (χ3v) is 4.75. The van der Waals surface area contributed by atoms with Crippen molar-refractivity contribution >= 4 is 23.2 Å². The van der Waals surface area contributed by atoms with Gasteiger partial charge in [-0.15, -0.1) is 0 Å². The van der Waals surface area contributed by atoms with E-state index in [0.717, 1.165) is 5.56 Å². The number of anilines is 1. The van der Waals surface area contributed by atoms with Crippen molar-refractivity contribution in [3.05, 3.63) is 41.5 Å². The molecule has 0 saturated heterocycles. The third-order valence-electron chi connectivity index (χ3n) is 4.75. The summed E-state index contributed by atoms with van der Waals surface area (Å²) in [7, 11) is 6.14. The summed E-state index contributed by atoms with van der Waals surface area (Å²) in [4.78, 5) is 10.3. The Labute approximate surface area is 201 Å². The lowest BCUT2D eigenvalue weighted by atomic mass is 10.0. The summed E-state index contributed by atoms with van der Waals surface area (Å²) in [6.45, 7) is 4.01. The van der Waals surface area contributed by atoms with Gasteiger partial charge in [0.05, 0.1) is 51.8 Å². The van der Waals surface area contributed by atoms with Crippen LogP contribution in [0.15, 0.2) is 30.3 Å². The third kappa shape index (κ3) is 7.90. The molecule has 2 aromatic rings. The zero-order valence-corrected chi connectivity index (χ0v) is 20.5. The van der Waals surface area contributed by atoms with Crippen molar-refractivity contribution in [2.24, 2.45) is 17.4 Å². The number of ether oxygens (including phenoxy) is 4. The molecule has 1 atom stereocenters. The topological polar surface area (TPSA) is 156 Å². The standard InChI is InChI=1S/C19H20N2O4.C6H14N2O/c1-22-16-6-5-12(8-15(16)21)7-14(11-20)13-9-17(23-2)19(25-4)18(10-13)24-3;1-4(2)3-5(7)6(8)9/h5-10H,21H2,1-4H3;4-5H,3,7H2,1-2H3,(H2,8,9)/t;5-/m.0/s1. The highest BCUT2D eigenvalue weighted by Crippen LogP contribution is 2.40. The van der Waals surface area contributed by atoms with Crippen molar-refractivity contribution in [1.29, 1.82) is 5.26 Å². The average Bonchev–Trinajstić information content (AvgIpc) is 2.81. The minimum Gasteiger partial charge on any atom is -0.495 e. The van der Waals surface area contributed by atoms with E-state index in [1.165, 1.54) is 21.3 Å². The van der Waals surface area contributed by atoms with Crippen LogP contribution < -0.4 is 36.1 Å². The zero-order valence-electron chi connectivity index (χ0n) is 20.5. The summed E-state index contributed by atoms with van der Waals surface area (Å²) in [5.74, 6) is 2.04. The summed E-state index contributed by atoms with van der Waals surface area (Å²) >= 11 is 0. The number of methoxy groups -OCH3 is 4. The predicted octanol–water partition coefficient (Wildman–Crippen LogP) is 3.21. The van der Waals surface area contributed by atoms with Crippen LogP contribution in [0.2, 0.25) is 0 Å².